The van der Waals surface area contributed by atoms with Crippen LogP contribution in [0.4, 0.5) is 16.2 Å². The van der Waals surface area contributed by atoms with Gasteiger partial charge in [-0.1, -0.05) is 41.4 Å². The summed E-state index contributed by atoms with van der Waals surface area (Å²) in [4.78, 5) is 47.5. The lowest BCUT2D eigenvalue weighted by atomic mass is 10.2. The molecule has 3 rings (SSSR count). The number of likely N-dealkylation sites (N-methyl/N-ethyl adjacent to an activating group) is 1. The first kappa shape index (κ1) is 31.2. The molecule has 12 heteroatoms. The molecule has 1 fully saturated rings. The molecule has 1 aliphatic heterocycles. The maximum absolute atomic E-state index is 13.3. The molecule has 0 radical (unpaired) electrons. The average molecular weight is 592 g/mol. The molecular weight excluding hydrogens is 555 g/mol. The fraction of sp³-hybridized carbons (Fsp3) is 0.429. The summed E-state index contributed by atoms with van der Waals surface area (Å²) < 4.78 is 5.54. The predicted octanol–water partition coefficient (Wildman–Crippen LogP) is 4.74. The zero-order chi connectivity index (χ0) is 29.6. The highest BCUT2D eigenvalue weighted by molar-refractivity contribution is 6.39. The third-order valence-corrected chi connectivity index (χ3v) is 6.50. The third kappa shape index (κ3) is 8.58. The molecule has 0 aliphatic carbocycles. The highest BCUT2D eigenvalue weighted by Crippen LogP contribution is 2.33. The van der Waals surface area contributed by atoms with Crippen molar-refractivity contribution in [1.29, 1.82) is 0 Å². The maximum Gasteiger partial charge on any atom is 0.417 e. The lowest BCUT2D eigenvalue weighted by molar-refractivity contribution is -0.119. The topological polar surface area (TPSA) is 121 Å². The van der Waals surface area contributed by atoms with Crippen molar-refractivity contribution in [1.82, 2.24) is 9.80 Å². The summed E-state index contributed by atoms with van der Waals surface area (Å²) in [6.45, 7) is 5.88. The van der Waals surface area contributed by atoms with Crippen molar-refractivity contribution in [3.05, 3.63) is 58.1 Å². The van der Waals surface area contributed by atoms with Crippen LogP contribution in [0.1, 0.15) is 39.2 Å². The lowest BCUT2D eigenvalue weighted by Gasteiger charge is -2.28. The van der Waals surface area contributed by atoms with Crippen LogP contribution in [0.2, 0.25) is 10.0 Å². The Morgan fingerprint density at radius 1 is 1.12 bits per heavy atom. The Kier molecular flexibility index (Phi) is 10.4. The van der Waals surface area contributed by atoms with Crippen molar-refractivity contribution in [2.45, 2.75) is 51.8 Å². The van der Waals surface area contributed by atoms with Crippen LogP contribution in [0.25, 0.3) is 0 Å². The van der Waals surface area contributed by atoms with Crippen molar-refractivity contribution in [3.63, 3.8) is 0 Å². The molecule has 0 unspecified atom stereocenters. The molecule has 40 heavy (non-hydrogen) atoms. The summed E-state index contributed by atoms with van der Waals surface area (Å²) in [5, 5.41) is 3.05. The van der Waals surface area contributed by atoms with E-state index in [-0.39, 0.29) is 40.7 Å². The van der Waals surface area contributed by atoms with Crippen molar-refractivity contribution in [2.24, 2.45) is 10.7 Å². The molecule has 10 nitrogen and oxygen atoms in total. The molecule has 216 valence electrons. The second kappa shape index (κ2) is 13.3. The van der Waals surface area contributed by atoms with Gasteiger partial charge in [0.1, 0.15) is 11.6 Å². The monoisotopic (exact) mass is 590 g/mol. The number of benzene rings is 2. The van der Waals surface area contributed by atoms with Crippen molar-refractivity contribution < 1.29 is 19.1 Å². The van der Waals surface area contributed by atoms with Crippen LogP contribution < -0.4 is 16.0 Å². The summed E-state index contributed by atoms with van der Waals surface area (Å²) >= 11 is 12.9. The Labute approximate surface area is 245 Å². The van der Waals surface area contributed by atoms with Crippen molar-refractivity contribution in [2.75, 3.05) is 37.4 Å². The predicted molar refractivity (Wildman–Crippen MR) is 159 cm³/mol. The molecule has 2 aromatic carbocycles. The maximum atomic E-state index is 13.3. The van der Waals surface area contributed by atoms with E-state index in [1.807, 2.05) is 35.2 Å². The van der Waals surface area contributed by atoms with Crippen molar-refractivity contribution >= 4 is 58.4 Å². The minimum Gasteiger partial charge on any atom is -0.443 e. The molecule has 0 saturated carbocycles. The summed E-state index contributed by atoms with van der Waals surface area (Å²) in [5.74, 6) is -1.06. The second-order valence-corrected chi connectivity index (χ2v) is 11.6. The van der Waals surface area contributed by atoms with Crippen LogP contribution in [0, 0.1) is 0 Å². The number of nitrogens with one attached hydrogen (secondary N) is 1. The Balaban J connectivity index is 1.87. The number of nitrogens with zero attached hydrogens (tertiary/aromatic N) is 4. The molecule has 3 amide bonds. The third-order valence-electron chi connectivity index (χ3n) is 5.91. The van der Waals surface area contributed by atoms with E-state index in [0.717, 1.165) is 17.0 Å². The minimum absolute atomic E-state index is 0.129. The van der Waals surface area contributed by atoms with E-state index in [1.165, 1.54) is 0 Å². The molecule has 0 spiro atoms. The number of guanidine groups is 1. The van der Waals surface area contributed by atoms with Gasteiger partial charge in [-0.15, -0.1) is 0 Å². The van der Waals surface area contributed by atoms with Crippen LogP contribution in [0.15, 0.2) is 47.5 Å². The van der Waals surface area contributed by atoms with E-state index in [9.17, 15) is 14.4 Å². The number of rotatable bonds is 7. The number of carbonyl (C=O) groups is 3. The molecule has 0 aromatic heterocycles. The van der Waals surface area contributed by atoms with Gasteiger partial charge < -0.3 is 25.6 Å². The molecule has 0 bridgehead atoms. The molecule has 3 N–H and O–H groups in total. The van der Waals surface area contributed by atoms with Gasteiger partial charge >= 0.3 is 6.09 Å². The summed E-state index contributed by atoms with van der Waals surface area (Å²) in [6, 6.07) is 12.2. The van der Waals surface area contributed by atoms with Crippen LogP contribution in [0.5, 0.6) is 0 Å². The molecule has 1 saturated heterocycles. The number of ether oxygens (including phenoxy) is 1. The van der Waals surface area contributed by atoms with Gasteiger partial charge in [-0.2, -0.15) is 4.99 Å². The molecule has 1 atom stereocenters. The minimum atomic E-state index is -0.828. The van der Waals surface area contributed by atoms with Gasteiger partial charge in [0.15, 0.2) is 0 Å². The number of anilines is 2. The zero-order valence-electron chi connectivity index (χ0n) is 23.4. The van der Waals surface area contributed by atoms with E-state index in [4.69, 9.17) is 33.7 Å². The first-order valence-corrected chi connectivity index (χ1v) is 13.6. The Morgan fingerprint density at radius 3 is 2.33 bits per heavy atom. The molecule has 1 aliphatic rings. The summed E-state index contributed by atoms with van der Waals surface area (Å²) in [6.07, 6.45) is 0.650. The Bertz CT molecular complexity index is 1240. The van der Waals surface area contributed by atoms with Crippen LogP contribution in [-0.2, 0) is 20.9 Å². The number of halogens is 2. The largest absolute Gasteiger partial charge is 0.443 e. The van der Waals surface area contributed by atoms with Gasteiger partial charge in [0, 0.05) is 12.2 Å². The van der Waals surface area contributed by atoms with E-state index in [2.05, 4.69) is 10.3 Å². The fourth-order valence-electron chi connectivity index (χ4n) is 4.24. The molecule has 1 heterocycles. The Hall–Kier alpha value is -3.34. The second-order valence-electron chi connectivity index (χ2n) is 10.8. The quantitative estimate of drug-likeness (QED) is 0.353. The number of hydrogen-bond acceptors (Lipinski definition) is 6. The molecular formula is C28H36Cl2N6O4. The van der Waals surface area contributed by atoms with Crippen molar-refractivity contribution in [3.8, 4) is 0 Å². The highest BCUT2D eigenvalue weighted by Gasteiger charge is 2.32. The van der Waals surface area contributed by atoms with Gasteiger partial charge in [0.2, 0.25) is 11.9 Å². The SMILES string of the molecule is CN(C)CC(=O)Nc1c(Cl)cc(CN(C(=O)OC(C)(C)C)C(N)=NC(=O)[C@@H]2CCCN2c2ccccc2)cc1Cl. The number of nitrogens with two attached hydrogens (primary N) is 1. The van der Waals surface area contributed by atoms with Gasteiger partial charge in [-0.05, 0) is 77.5 Å². The van der Waals surface area contributed by atoms with Gasteiger partial charge in [0.05, 0.1) is 28.8 Å². The lowest BCUT2D eigenvalue weighted by Crippen LogP contribution is -2.45. The van der Waals surface area contributed by atoms with Crippen LogP contribution in [0.3, 0.4) is 0 Å². The summed E-state index contributed by atoms with van der Waals surface area (Å²) in [5.41, 5.74) is 7.09. The number of para-hydroxylation sites is 1. The standard InChI is InChI=1S/C28H36Cl2N6O4/c1-28(2,3)40-27(39)36(16-18-14-20(29)24(21(30)15-18)32-23(37)17-34(4)5)26(31)33-25(38)22-12-9-13-35(22)19-10-7-6-8-11-19/h6-8,10-11,14-15,22H,9,12-13,16-17H2,1-5H3,(H,32,37)(H2,31,33,38)/t22-/m0/s1. The van der Waals surface area contributed by atoms with Gasteiger partial charge in [-0.25, -0.2) is 9.69 Å². The van der Waals surface area contributed by atoms with Gasteiger partial charge in [-0.3, -0.25) is 9.59 Å². The number of carbonyl (C=O) groups excluding carboxylic acids is 3. The van der Waals surface area contributed by atoms with Gasteiger partial charge in [0.25, 0.3) is 5.91 Å². The van der Waals surface area contributed by atoms with Crippen LogP contribution >= 0.6 is 23.2 Å². The number of hydrogen-bond donors (Lipinski definition) is 2. The van der Waals surface area contributed by atoms with Crippen LogP contribution in [-0.4, -0.2) is 72.5 Å². The van der Waals surface area contributed by atoms with E-state index in [0.29, 0.717) is 18.5 Å². The number of aliphatic imine (C=N–C) groups is 1. The number of amides is 3. The fourth-order valence-corrected chi connectivity index (χ4v) is 4.87. The zero-order valence-corrected chi connectivity index (χ0v) is 24.9. The summed E-state index contributed by atoms with van der Waals surface area (Å²) in [7, 11) is 3.53. The highest BCUT2D eigenvalue weighted by atomic mass is 35.5. The average Bonchev–Trinajstić information content (AvgIpc) is 3.34. The first-order valence-electron chi connectivity index (χ1n) is 12.9. The smallest absolute Gasteiger partial charge is 0.417 e. The normalized spacial score (nSPS) is 15.8. The van der Waals surface area contributed by atoms with E-state index >= 15 is 0 Å². The van der Waals surface area contributed by atoms with E-state index < -0.39 is 23.6 Å². The molecule has 2 aromatic rings. The van der Waals surface area contributed by atoms with E-state index in [1.54, 1.807) is 51.9 Å². The Morgan fingerprint density at radius 2 is 1.75 bits per heavy atom. The first-order chi connectivity index (χ1) is 18.7.